The number of nitrogens with two attached hydrogens (primary N) is 1. The number of aliphatic hydroxyl groups excluding tert-OH is 2. The van der Waals surface area contributed by atoms with Crippen molar-refractivity contribution >= 4 is 17.9 Å². The first kappa shape index (κ1) is 20.3. The third kappa shape index (κ3) is 6.83. The molecule has 1 aliphatic rings. The highest BCUT2D eigenvalue weighted by atomic mass is 16.4. The molecule has 2 unspecified atom stereocenters. The van der Waals surface area contributed by atoms with Gasteiger partial charge in [0.15, 0.2) is 12.2 Å². The summed E-state index contributed by atoms with van der Waals surface area (Å²) in [6.45, 7) is 0.527. The van der Waals surface area contributed by atoms with Crippen LogP contribution < -0.4 is 5.73 Å². The van der Waals surface area contributed by atoms with Gasteiger partial charge >= 0.3 is 17.9 Å². The van der Waals surface area contributed by atoms with Crippen molar-refractivity contribution in [1.82, 2.24) is 0 Å². The smallest absolute Gasteiger partial charge is 0.335 e. The number of carbonyl (C=O) groups is 3. The van der Waals surface area contributed by atoms with Crippen molar-refractivity contribution in [3.05, 3.63) is 0 Å². The fourth-order valence-corrected chi connectivity index (χ4v) is 2.35. The van der Waals surface area contributed by atoms with Crippen LogP contribution in [0.25, 0.3) is 0 Å². The van der Waals surface area contributed by atoms with Crippen LogP contribution in [0.1, 0.15) is 38.5 Å². The molecule has 0 saturated heterocycles. The van der Waals surface area contributed by atoms with Crippen molar-refractivity contribution in [2.45, 2.75) is 50.7 Å². The van der Waals surface area contributed by atoms with E-state index in [1.807, 2.05) is 0 Å². The highest BCUT2D eigenvalue weighted by Gasteiger charge is 2.32. The van der Waals surface area contributed by atoms with Crippen molar-refractivity contribution in [2.75, 3.05) is 6.54 Å². The lowest BCUT2D eigenvalue weighted by atomic mass is 9.72. The van der Waals surface area contributed by atoms with E-state index in [1.165, 1.54) is 6.42 Å². The number of hydrogen-bond acceptors (Lipinski definition) is 6. The Bertz CT molecular complexity index is 374. The normalized spacial score (nSPS) is 19.2. The van der Waals surface area contributed by atoms with Crippen molar-refractivity contribution in [2.24, 2.45) is 11.1 Å². The average molecular weight is 321 g/mol. The Hall–Kier alpha value is -1.71. The SMILES string of the molecule is NCC1(CC(=O)O)CCCCC1.O=C(O)C(O)C(O)C(=O)O. The van der Waals surface area contributed by atoms with Gasteiger partial charge in [0.05, 0.1) is 6.42 Å². The van der Waals surface area contributed by atoms with E-state index in [0.29, 0.717) is 6.54 Å². The summed E-state index contributed by atoms with van der Waals surface area (Å²) in [6, 6.07) is 0. The topological polar surface area (TPSA) is 178 Å². The lowest BCUT2D eigenvalue weighted by Gasteiger charge is -2.34. The number of rotatable bonds is 6. The van der Waals surface area contributed by atoms with Crippen molar-refractivity contribution < 1.29 is 39.9 Å². The number of carboxylic acids is 3. The highest BCUT2D eigenvalue weighted by Crippen LogP contribution is 2.38. The van der Waals surface area contributed by atoms with E-state index in [2.05, 4.69) is 0 Å². The van der Waals surface area contributed by atoms with Crippen LogP contribution >= 0.6 is 0 Å². The Labute approximate surface area is 127 Å². The van der Waals surface area contributed by atoms with E-state index in [1.54, 1.807) is 0 Å². The van der Waals surface area contributed by atoms with E-state index in [9.17, 15) is 14.4 Å². The second-order valence-electron chi connectivity index (χ2n) is 5.40. The van der Waals surface area contributed by atoms with Gasteiger partial charge in [-0.15, -0.1) is 0 Å². The summed E-state index contributed by atoms with van der Waals surface area (Å²) < 4.78 is 0. The largest absolute Gasteiger partial charge is 0.481 e. The maximum Gasteiger partial charge on any atom is 0.335 e. The molecule has 0 aromatic heterocycles. The van der Waals surface area contributed by atoms with E-state index in [0.717, 1.165) is 25.7 Å². The zero-order valence-corrected chi connectivity index (χ0v) is 12.1. The quantitative estimate of drug-likeness (QED) is 0.367. The molecule has 22 heavy (non-hydrogen) atoms. The molecule has 128 valence electrons. The van der Waals surface area contributed by atoms with Gasteiger partial charge in [0.2, 0.25) is 0 Å². The van der Waals surface area contributed by atoms with Crippen LogP contribution in [0.3, 0.4) is 0 Å². The van der Waals surface area contributed by atoms with Crippen LogP contribution in [-0.4, -0.2) is 62.2 Å². The van der Waals surface area contributed by atoms with Gasteiger partial charge in [-0.2, -0.15) is 0 Å². The molecule has 1 aliphatic carbocycles. The standard InChI is InChI=1S/C9H17NO2.C4H6O6/c10-7-9(6-8(11)12)4-2-1-3-5-9;5-1(3(7)8)2(6)4(9)10/h1-7,10H2,(H,11,12);1-2,5-6H,(H,7,8)(H,9,10). The van der Waals surface area contributed by atoms with Crippen LogP contribution in [0.5, 0.6) is 0 Å². The van der Waals surface area contributed by atoms with Gasteiger partial charge in [0.1, 0.15) is 0 Å². The first-order chi connectivity index (χ1) is 10.1. The van der Waals surface area contributed by atoms with Gasteiger partial charge in [-0.1, -0.05) is 19.3 Å². The molecule has 0 aliphatic heterocycles. The van der Waals surface area contributed by atoms with Gasteiger partial charge in [-0.05, 0) is 24.8 Å². The van der Waals surface area contributed by atoms with Gasteiger partial charge in [-0.3, -0.25) is 4.79 Å². The molecular formula is C13H23NO8. The molecule has 0 amide bonds. The van der Waals surface area contributed by atoms with Crippen LogP contribution in [0.4, 0.5) is 0 Å². The zero-order valence-electron chi connectivity index (χ0n) is 12.1. The summed E-state index contributed by atoms with van der Waals surface area (Å²) in [5, 5.41) is 41.2. The minimum Gasteiger partial charge on any atom is -0.481 e. The average Bonchev–Trinajstić information content (AvgIpc) is 2.46. The summed E-state index contributed by atoms with van der Waals surface area (Å²) in [7, 11) is 0. The monoisotopic (exact) mass is 321 g/mol. The molecule has 7 N–H and O–H groups in total. The number of carboxylic acid groups (broad SMARTS) is 3. The Morgan fingerprint density at radius 2 is 1.32 bits per heavy atom. The molecule has 9 heteroatoms. The van der Waals surface area contributed by atoms with E-state index in [-0.39, 0.29) is 11.8 Å². The van der Waals surface area contributed by atoms with E-state index < -0.39 is 30.1 Å². The summed E-state index contributed by atoms with van der Waals surface area (Å²) in [4.78, 5) is 30.1. The second-order valence-corrected chi connectivity index (χ2v) is 5.40. The van der Waals surface area contributed by atoms with Gasteiger partial charge < -0.3 is 31.3 Å². The molecule has 1 saturated carbocycles. The molecule has 1 rings (SSSR count). The Balaban J connectivity index is 0.000000409. The molecule has 0 bridgehead atoms. The summed E-state index contributed by atoms with van der Waals surface area (Å²) in [6.07, 6.45) is 1.24. The zero-order chi connectivity index (χ0) is 17.3. The summed E-state index contributed by atoms with van der Waals surface area (Å²) in [5.74, 6) is -4.24. The number of aliphatic carboxylic acids is 3. The van der Waals surface area contributed by atoms with Crippen molar-refractivity contribution in [3.8, 4) is 0 Å². The Kier molecular flexibility index (Phi) is 8.61. The van der Waals surface area contributed by atoms with Crippen LogP contribution in [0.15, 0.2) is 0 Å². The third-order valence-corrected chi connectivity index (χ3v) is 3.68. The van der Waals surface area contributed by atoms with E-state index in [4.69, 9.17) is 31.3 Å². The third-order valence-electron chi connectivity index (χ3n) is 3.68. The molecule has 9 nitrogen and oxygen atoms in total. The van der Waals surface area contributed by atoms with Crippen LogP contribution in [0, 0.1) is 5.41 Å². The maximum atomic E-state index is 10.6. The van der Waals surface area contributed by atoms with Crippen LogP contribution in [-0.2, 0) is 14.4 Å². The van der Waals surface area contributed by atoms with Crippen molar-refractivity contribution in [1.29, 1.82) is 0 Å². The minimum absolute atomic E-state index is 0.0793. The molecule has 1 fully saturated rings. The fourth-order valence-electron chi connectivity index (χ4n) is 2.35. The number of hydrogen-bond donors (Lipinski definition) is 6. The predicted molar refractivity (Wildman–Crippen MR) is 74.1 cm³/mol. The summed E-state index contributed by atoms with van der Waals surface area (Å²) >= 11 is 0. The van der Waals surface area contributed by atoms with Gasteiger partial charge in [-0.25, -0.2) is 9.59 Å². The minimum atomic E-state index is -2.27. The molecule has 0 aromatic rings. The van der Waals surface area contributed by atoms with Crippen molar-refractivity contribution in [3.63, 3.8) is 0 Å². The number of aliphatic hydroxyl groups is 2. The first-order valence-electron chi connectivity index (χ1n) is 6.89. The molecule has 0 heterocycles. The lowest BCUT2D eigenvalue weighted by Crippen LogP contribution is -2.39. The van der Waals surface area contributed by atoms with E-state index >= 15 is 0 Å². The van der Waals surface area contributed by atoms with Gasteiger partial charge in [0, 0.05) is 0 Å². The van der Waals surface area contributed by atoms with Crippen LogP contribution in [0.2, 0.25) is 0 Å². The molecule has 0 radical (unpaired) electrons. The maximum absolute atomic E-state index is 10.6. The highest BCUT2D eigenvalue weighted by molar-refractivity contribution is 5.83. The predicted octanol–water partition coefficient (Wildman–Crippen LogP) is -0.752. The fraction of sp³-hybridized carbons (Fsp3) is 0.769. The Morgan fingerprint density at radius 1 is 0.909 bits per heavy atom. The molecule has 2 atom stereocenters. The molecule has 0 spiro atoms. The summed E-state index contributed by atoms with van der Waals surface area (Å²) in [5.41, 5.74) is 5.54. The lowest BCUT2D eigenvalue weighted by molar-refractivity contribution is -0.165. The first-order valence-corrected chi connectivity index (χ1v) is 6.89. The molecule has 0 aromatic carbocycles. The molecular weight excluding hydrogens is 298 g/mol. The second kappa shape index (κ2) is 9.34. The van der Waals surface area contributed by atoms with Gasteiger partial charge in [0.25, 0.3) is 0 Å². The Morgan fingerprint density at radius 3 is 1.59 bits per heavy atom.